The number of hydrogen-bond donors (Lipinski definition) is 0. The molecule has 0 aliphatic carbocycles. The second-order valence-electron chi connectivity index (χ2n) is 4.58. The van der Waals surface area contributed by atoms with E-state index in [9.17, 15) is 4.79 Å². The summed E-state index contributed by atoms with van der Waals surface area (Å²) in [5, 5.41) is 0. The summed E-state index contributed by atoms with van der Waals surface area (Å²) in [5.74, 6) is 3.11. The molecular formula is C14H16BrNO3. The van der Waals surface area contributed by atoms with Crippen molar-refractivity contribution < 1.29 is 13.9 Å². The standard InChI is InChI=1S/C14H16BrNO3/c1-2-8-18-10-11-4-3-7-16(9-11)14(17)12-5-6-13(15)19-12/h1,5-6,11H,3-4,7-10H2. The van der Waals surface area contributed by atoms with E-state index >= 15 is 0 Å². The molecule has 0 N–H and O–H groups in total. The molecule has 2 rings (SSSR count). The fourth-order valence-electron chi connectivity index (χ4n) is 2.26. The summed E-state index contributed by atoms with van der Waals surface area (Å²) in [6.45, 7) is 2.40. The van der Waals surface area contributed by atoms with E-state index in [-0.39, 0.29) is 5.91 Å². The maximum Gasteiger partial charge on any atom is 0.289 e. The van der Waals surface area contributed by atoms with Gasteiger partial charge in [-0.1, -0.05) is 5.92 Å². The highest BCUT2D eigenvalue weighted by Crippen LogP contribution is 2.21. The van der Waals surface area contributed by atoms with Crippen LogP contribution in [0.1, 0.15) is 23.4 Å². The van der Waals surface area contributed by atoms with Crippen LogP contribution in [-0.2, 0) is 4.74 Å². The first-order chi connectivity index (χ1) is 9.20. The first-order valence-electron chi connectivity index (χ1n) is 6.26. The predicted molar refractivity (Wildman–Crippen MR) is 74.7 cm³/mol. The van der Waals surface area contributed by atoms with Gasteiger partial charge in [-0.15, -0.1) is 6.42 Å². The molecule has 2 heterocycles. The first kappa shape index (κ1) is 14.2. The van der Waals surface area contributed by atoms with E-state index < -0.39 is 0 Å². The maximum atomic E-state index is 12.2. The summed E-state index contributed by atoms with van der Waals surface area (Å²) >= 11 is 3.20. The molecule has 1 aliphatic heterocycles. The molecule has 1 atom stereocenters. The van der Waals surface area contributed by atoms with Crippen LogP contribution in [0.4, 0.5) is 0 Å². The average molecular weight is 326 g/mol. The minimum atomic E-state index is -0.0626. The van der Waals surface area contributed by atoms with Gasteiger partial charge in [0.25, 0.3) is 5.91 Å². The van der Waals surface area contributed by atoms with Crippen molar-refractivity contribution in [2.24, 2.45) is 5.92 Å². The fourth-order valence-corrected chi connectivity index (χ4v) is 2.56. The third kappa shape index (κ3) is 3.85. The second kappa shape index (κ2) is 6.78. The Balaban J connectivity index is 1.90. The van der Waals surface area contributed by atoms with E-state index in [1.165, 1.54) is 0 Å². The van der Waals surface area contributed by atoms with E-state index in [0.29, 0.717) is 36.1 Å². The number of carbonyl (C=O) groups is 1. The van der Waals surface area contributed by atoms with Gasteiger partial charge in [0.1, 0.15) is 6.61 Å². The van der Waals surface area contributed by atoms with Crippen LogP contribution in [0, 0.1) is 18.3 Å². The van der Waals surface area contributed by atoms with E-state index in [1.807, 2.05) is 4.90 Å². The lowest BCUT2D eigenvalue weighted by Gasteiger charge is -2.31. The van der Waals surface area contributed by atoms with Gasteiger partial charge in [0.15, 0.2) is 10.4 Å². The fraction of sp³-hybridized carbons (Fsp3) is 0.500. The Hall–Kier alpha value is -1.25. The van der Waals surface area contributed by atoms with Crippen molar-refractivity contribution in [2.45, 2.75) is 12.8 Å². The molecule has 0 aromatic carbocycles. The van der Waals surface area contributed by atoms with Gasteiger partial charge in [-0.3, -0.25) is 4.79 Å². The highest BCUT2D eigenvalue weighted by Gasteiger charge is 2.26. The van der Waals surface area contributed by atoms with Crippen molar-refractivity contribution in [3.8, 4) is 12.3 Å². The van der Waals surface area contributed by atoms with Crippen molar-refractivity contribution in [2.75, 3.05) is 26.3 Å². The lowest BCUT2D eigenvalue weighted by Crippen LogP contribution is -2.41. The molecule has 102 valence electrons. The summed E-state index contributed by atoms with van der Waals surface area (Å²) in [6, 6.07) is 3.41. The number of rotatable bonds is 4. The van der Waals surface area contributed by atoms with Crippen LogP contribution in [0.5, 0.6) is 0 Å². The van der Waals surface area contributed by atoms with Crippen LogP contribution in [0.15, 0.2) is 21.2 Å². The summed E-state index contributed by atoms with van der Waals surface area (Å²) < 4.78 is 11.2. The van der Waals surface area contributed by atoms with E-state index in [0.717, 1.165) is 19.4 Å². The number of ether oxygens (including phenoxy) is 1. The number of halogens is 1. The van der Waals surface area contributed by atoms with Crippen LogP contribution < -0.4 is 0 Å². The quantitative estimate of drug-likeness (QED) is 0.631. The third-order valence-corrected chi connectivity index (χ3v) is 3.56. The van der Waals surface area contributed by atoms with Gasteiger partial charge >= 0.3 is 0 Å². The van der Waals surface area contributed by atoms with Gasteiger partial charge < -0.3 is 14.1 Å². The summed E-state index contributed by atoms with van der Waals surface area (Å²) in [7, 11) is 0. The SMILES string of the molecule is C#CCOCC1CCCN(C(=O)c2ccc(Br)o2)C1. The normalized spacial score (nSPS) is 19.2. The smallest absolute Gasteiger partial charge is 0.289 e. The largest absolute Gasteiger partial charge is 0.444 e. The zero-order chi connectivity index (χ0) is 13.7. The molecule has 0 bridgehead atoms. The minimum Gasteiger partial charge on any atom is -0.444 e. The third-order valence-electron chi connectivity index (χ3n) is 3.13. The number of nitrogens with zero attached hydrogens (tertiary/aromatic N) is 1. The van der Waals surface area contributed by atoms with E-state index in [1.54, 1.807) is 12.1 Å². The van der Waals surface area contributed by atoms with E-state index in [2.05, 4.69) is 21.9 Å². The topological polar surface area (TPSA) is 42.7 Å². The molecular weight excluding hydrogens is 310 g/mol. The number of hydrogen-bond acceptors (Lipinski definition) is 3. The van der Waals surface area contributed by atoms with Crippen molar-refractivity contribution >= 4 is 21.8 Å². The molecule has 0 spiro atoms. The molecule has 1 aromatic heterocycles. The summed E-state index contributed by atoms with van der Waals surface area (Å²) in [4.78, 5) is 14.0. The highest BCUT2D eigenvalue weighted by atomic mass is 79.9. The van der Waals surface area contributed by atoms with Gasteiger partial charge in [-0.25, -0.2) is 0 Å². The number of carbonyl (C=O) groups excluding carboxylic acids is 1. The van der Waals surface area contributed by atoms with Gasteiger partial charge in [0, 0.05) is 19.0 Å². The Morgan fingerprint density at radius 1 is 1.63 bits per heavy atom. The number of likely N-dealkylation sites (tertiary alicyclic amines) is 1. The van der Waals surface area contributed by atoms with Crippen molar-refractivity contribution in [1.82, 2.24) is 4.90 Å². The lowest BCUT2D eigenvalue weighted by molar-refractivity contribution is 0.0508. The van der Waals surface area contributed by atoms with Gasteiger partial charge in [0.05, 0.1) is 6.61 Å². The minimum absolute atomic E-state index is 0.0626. The van der Waals surface area contributed by atoms with Gasteiger partial charge in [0.2, 0.25) is 0 Å². The Kier molecular flexibility index (Phi) is 5.06. The Bertz CT molecular complexity index is 477. The van der Waals surface area contributed by atoms with Crippen molar-refractivity contribution in [1.29, 1.82) is 0 Å². The lowest BCUT2D eigenvalue weighted by atomic mass is 9.99. The van der Waals surface area contributed by atoms with Crippen LogP contribution in [0.3, 0.4) is 0 Å². The van der Waals surface area contributed by atoms with Crippen LogP contribution in [0.2, 0.25) is 0 Å². The molecule has 4 nitrogen and oxygen atoms in total. The number of amides is 1. The predicted octanol–water partition coefficient (Wildman–Crippen LogP) is 2.54. The molecule has 1 aromatic rings. The molecule has 1 saturated heterocycles. The van der Waals surface area contributed by atoms with Crippen LogP contribution in [0.25, 0.3) is 0 Å². The molecule has 1 aliphatic rings. The molecule has 1 amide bonds. The Morgan fingerprint density at radius 3 is 3.16 bits per heavy atom. The van der Waals surface area contributed by atoms with Crippen molar-refractivity contribution in [3.05, 3.63) is 22.6 Å². The monoisotopic (exact) mass is 325 g/mol. The van der Waals surface area contributed by atoms with Gasteiger partial charge in [-0.05, 0) is 40.9 Å². The Labute approximate surface area is 121 Å². The average Bonchev–Trinajstić information content (AvgIpc) is 2.85. The number of piperidine rings is 1. The molecule has 0 radical (unpaired) electrons. The van der Waals surface area contributed by atoms with Crippen molar-refractivity contribution in [3.63, 3.8) is 0 Å². The molecule has 1 unspecified atom stereocenters. The zero-order valence-electron chi connectivity index (χ0n) is 10.6. The summed E-state index contributed by atoms with van der Waals surface area (Å²) in [6.07, 6.45) is 7.19. The maximum absolute atomic E-state index is 12.2. The molecule has 0 saturated carbocycles. The first-order valence-corrected chi connectivity index (χ1v) is 7.06. The van der Waals surface area contributed by atoms with E-state index in [4.69, 9.17) is 15.6 Å². The molecule has 1 fully saturated rings. The van der Waals surface area contributed by atoms with Gasteiger partial charge in [-0.2, -0.15) is 0 Å². The molecule has 5 heteroatoms. The second-order valence-corrected chi connectivity index (χ2v) is 5.36. The Morgan fingerprint density at radius 2 is 2.47 bits per heavy atom. The number of furan rings is 1. The molecule has 19 heavy (non-hydrogen) atoms. The highest BCUT2D eigenvalue weighted by molar-refractivity contribution is 9.10. The van der Waals surface area contributed by atoms with Crippen LogP contribution in [-0.4, -0.2) is 37.1 Å². The number of terminal acetylenes is 1. The van der Waals surface area contributed by atoms with Crippen LogP contribution >= 0.6 is 15.9 Å². The summed E-state index contributed by atoms with van der Waals surface area (Å²) in [5.41, 5.74) is 0. The zero-order valence-corrected chi connectivity index (χ0v) is 12.2.